The predicted octanol–water partition coefficient (Wildman–Crippen LogP) is 3.02. The number of ether oxygens (including phenoxy) is 1. The minimum absolute atomic E-state index is 0.0806. The van der Waals surface area contributed by atoms with Crippen LogP contribution in [0.3, 0.4) is 0 Å². The Morgan fingerprint density at radius 2 is 2.09 bits per heavy atom. The van der Waals surface area contributed by atoms with Gasteiger partial charge in [0.2, 0.25) is 0 Å². The number of hydrogen-bond acceptors (Lipinski definition) is 3. The van der Waals surface area contributed by atoms with Gasteiger partial charge in [-0.15, -0.1) is 0 Å². The minimum atomic E-state index is -0.861. The van der Waals surface area contributed by atoms with Crippen molar-refractivity contribution in [1.29, 1.82) is 0 Å². The number of carbonyl (C=O) groups is 1. The van der Waals surface area contributed by atoms with Crippen molar-refractivity contribution < 1.29 is 9.53 Å². The molecule has 1 aromatic carbocycles. The van der Waals surface area contributed by atoms with Crippen molar-refractivity contribution in [3.05, 3.63) is 65.0 Å². The number of carbonyl (C=O) groups excluding carboxylic acids is 1. The Bertz CT molecular complexity index is 692. The first-order valence-electron chi connectivity index (χ1n) is 8.02. The third-order valence-corrected chi connectivity index (χ3v) is 4.37. The van der Waals surface area contributed by atoms with Crippen LogP contribution in [0.1, 0.15) is 35.2 Å². The molecular weight excluding hydrogens is 288 g/mol. The van der Waals surface area contributed by atoms with Crippen LogP contribution in [0, 0.1) is 13.8 Å². The number of nitrogens with one attached hydrogen (secondary N) is 1. The monoisotopic (exact) mass is 310 g/mol. The van der Waals surface area contributed by atoms with E-state index in [1.807, 2.05) is 50.4 Å². The summed E-state index contributed by atoms with van der Waals surface area (Å²) >= 11 is 0. The highest BCUT2D eigenvalue weighted by Gasteiger charge is 2.44. The molecule has 1 atom stereocenters. The summed E-state index contributed by atoms with van der Waals surface area (Å²) in [6.45, 7) is 5.06. The van der Waals surface area contributed by atoms with Crippen molar-refractivity contribution in [3.63, 3.8) is 0 Å². The molecule has 1 amide bonds. The molecule has 0 aliphatic carbocycles. The summed E-state index contributed by atoms with van der Waals surface area (Å²) in [5.74, 6) is -0.0806. The van der Waals surface area contributed by atoms with E-state index >= 15 is 0 Å². The van der Waals surface area contributed by atoms with Gasteiger partial charge in [-0.3, -0.25) is 9.78 Å². The average molecular weight is 310 g/mol. The molecule has 120 valence electrons. The minimum Gasteiger partial charge on any atom is -0.360 e. The molecule has 1 aliphatic rings. The second-order valence-electron chi connectivity index (χ2n) is 6.10. The fourth-order valence-electron chi connectivity index (χ4n) is 3.12. The lowest BCUT2D eigenvalue weighted by Crippen LogP contribution is -2.44. The molecule has 1 saturated heterocycles. The van der Waals surface area contributed by atoms with Gasteiger partial charge < -0.3 is 10.1 Å². The van der Waals surface area contributed by atoms with Gasteiger partial charge in [-0.1, -0.05) is 36.4 Å². The molecule has 1 aliphatic heterocycles. The smallest absolute Gasteiger partial charge is 0.257 e. The van der Waals surface area contributed by atoms with E-state index in [0.29, 0.717) is 19.6 Å². The zero-order valence-corrected chi connectivity index (χ0v) is 13.6. The van der Waals surface area contributed by atoms with Crippen molar-refractivity contribution in [2.45, 2.75) is 38.8 Å². The third kappa shape index (κ3) is 3.13. The van der Waals surface area contributed by atoms with Crippen molar-refractivity contribution in [1.82, 2.24) is 10.3 Å². The number of hydrogen-bond donors (Lipinski definition) is 1. The molecule has 1 N–H and O–H groups in total. The zero-order valence-electron chi connectivity index (χ0n) is 13.6. The highest BCUT2D eigenvalue weighted by atomic mass is 16.5. The Hall–Kier alpha value is -2.20. The van der Waals surface area contributed by atoms with E-state index in [1.54, 1.807) is 0 Å². The Kier molecular flexibility index (Phi) is 4.44. The normalized spacial score (nSPS) is 20.4. The summed E-state index contributed by atoms with van der Waals surface area (Å²) in [7, 11) is 0. The van der Waals surface area contributed by atoms with Crippen molar-refractivity contribution in [2.24, 2.45) is 0 Å². The first-order chi connectivity index (χ1) is 11.1. The fourth-order valence-corrected chi connectivity index (χ4v) is 3.12. The molecule has 2 aromatic rings. The lowest BCUT2D eigenvalue weighted by atomic mass is 9.90. The molecule has 0 spiro atoms. The quantitative estimate of drug-likeness (QED) is 0.944. The van der Waals surface area contributed by atoms with Gasteiger partial charge in [0.15, 0.2) is 5.60 Å². The second kappa shape index (κ2) is 6.50. The van der Waals surface area contributed by atoms with Crippen LogP contribution in [0.25, 0.3) is 0 Å². The second-order valence-corrected chi connectivity index (χ2v) is 6.10. The van der Waals surface area contributed by atoms with E-state index in [-0.39, 0.29) is 5.91 Å². The number of aromatic nitrogens is 1. The van der Waals surface area contributed by atoms with Crippen molar-refractivity contribution >= 4 is 5.91 Å². The van der Waals surface area contributed by atoms with Gasteiger partial charge in [0.05, 0.1) is 12.2 Å². The van der Waals surface area contributed by atoms with E-state index in [0.717, 1.165) is 28.8 Å². The summed E-state index contributed by atoms with van der Waals surface area (Å²) in [5, 5.41) is 3.01. The van der Waals surface area contributed by atoms with Crippen LogP contribution < -0.4 is 5.32 Å². The van der Waals surface area contributed by atoms with Crippen LogP contribution in [0.5, 0.6) is 0 Å². The van der Waals surface area contributed by atoms with Crippen LogP contribution in [0.4, 0.5) is 0 Å². The standard InChI is InChI=1S/C19H22N2O2/c1-14-11-15(2)17(20-12-14)13-21-18(22)19(9-6-10-23-19)16-7-4-3-5-8-16/h3-5,7-8,11-12H,6,9-10,13H2,1-2H3,(H,21,22). The van der Waals surface area contributed by atoms with Gasteiger partial charge in [0, 0.05) is 12.8 Å². The molecule has 1 unspecified atom stereocenters. The van der Waals surface area contributed by atoms with Gasteiger partial charge >= 0.3 is 0 Å². The molecule has 2 heterocycles. The zero-order chi connectivity index (χ0) is 16.3. The summed E-state index contributed by atoms with van der Waals surface area (Å²) in [5.41, 5.74) is 3.16. The number of amides is 1. The van der Waals surface area contributed by atoms with E-state index in [9.17, 15) is 4.79 Å². The summed E-state index contributed by atoms with van der Waals surface area (Å²) in [6.07, 6.45) is 3.43. The molecule has 0 bridgehead atoms. The van der Waals surface area contributed by atoms with Crippen LogP contribution >= 0.6 is 0 Å². The number of rotatable bonds is 4. The Labute approximate surface area is 136 Å². The molecule has 0 saturated carbocycles. The Balaban J connectivity index is 1.78. The maximum absolute atomic E-state index is 12.9. The average Bonchev–Trinajstić information content (AvgIpc) is 3.05. The molecule has 1 fully saturated rings. The topological polar surface area (TPSA) is 51.2 Å². The molecule has 4 heteroatoms. The predicted molar refractivity (Wildman–Crippen MR) is 88.9 cm³/mol. The fraction of sp³-hybridized carbons (Fsp3) is 0.368. The van der Waals surface area contributed by atoms with Gasteiger partial charge in [-0.2, -0.15) is 0 Å². The number of benzene rings is 1. The molecule has 1 aromatic heterocycles. The van der Waals surface area contributed by atoms with Gasteiger partial charge in [-0.05, 0) is 43.4 Å². The van der Waals surface area contributed by atoms with Gasteiger partial charge in [-0.25, -0.2) is 0 Å². The lowest BCUT2D eigenvalue weighted by molar-refractivity contribution is -0.142. The lowest BCUT2D eigenvalue weighted by Gasteiger charge is -2.27. The van der Waals surface area contributed by atoms with Crippen molar-refractivity contribution in [2.75, 3.05) is 6.61 Å². The molecule has 23 heavy (non-hydrogen) atoms. The Morgan fingerprint density at radius 3 is 2.74 bits per heavy atom. The maximum atomic E-state index is 12.9. The largest absolute Gasteiger partial charge is 0.360 e. The first kappa shape index (κ1) is 15.7. The maximum Gasteiger partial charge on any atom is 0.257 e. The SMILES string of the molecule is Cc1cnc(CNC(=O)C2(c3ccccc3)CCCO2)c(C)c1. The van der Waals surface area contributed by atoms with Crippen LogP contribution in [0.2, 0.25) is 0 Å². The number of nitrogens with zero attached hydrogens (tertiary/aromatic N) is 1. The first-order valence-corrected chi connectivity index (χ1v) is 8.02. The van der Waals surface area contributed by atoms with Gasteiger partial charge in [0.1, 0.15) is 0 Å². The summed E-state index contributed by atoms with van der Waals surface area (Å²) in [6, 6.07) is 11.8. The third-order valence-electron chi connectivity index (χ3n) is 4.37. The number of pyridine rings is 1. The summed E-state index contributed by atoms with van der Waals surface area (Å²) in [4.78, 5) is 17.3. The number of aryl methyl sites for hydroxylation is 2. The Morgan fingerprint density at radius 1 is 1.30 bits per heavy atom. The van der Waals surface area contributed by atoms with Gasteiger partial charge in [0.25, 0.3) is 5.91 Å². The van der Waals surface area contributed by atoms with Crippen LogP contribution in [-0.4, -0.2) is 17.5 Å². The van der Waals surface area contributed by atoms with E-state index < -0.39 is 5.60 Å². The highest BCUT2D eigenvalue weighted by molar-refractivity contribution is 5.86. The van der Waals surface area contributed by atoms with Crippen LogP contribution in [0.15, 0.2) is 42.6 Å². The van der Waals surface area contributed by atoms with E-state index in [2.05, 4.69) is 16.4 Å². The molecule has 3 rings (SSSR count). The van der Waals surface area contributed by atoms with E-state index in [4.69, 9.17) is 4.74 Å². The molecule has 0 radical (unpaired) electrons. The van der Waals surface area contributed by atoms with Crippen molar-refractivity contribution in [3.8, 4) is 0 Å². The highest BCUT2D eigenvalue weighted by Crippen LogP contribution is 2.36. The summed E-state index contributed by atoms with van der Waals surface area (Å²) < 4.78 is 5.89. The molecular formula is C19H22N2O2. The molecule has 4 nitrogen and oxygen atoms in total. The van der Waals surface area contributed by atoms with E-state index in [1.165, 1.54) is 0 Å². The van der Waals surface area contributed by atoms with Crippen LogP contribution in [-0.2, 0) is 21.7 Å².